The SMILES string of the molecule is CCC1=NC(=O)c2c(C)[nH]c(O)c21. The lowest BCUT2D eigenvalue weighted by Gasteiger charge is -1.93. The highest BCUT2D eigenvalue weighted by Gasteiger charge is 2.29. The van der Waals surface area contributed by atoms with Crippen molar-refractivity contribution in [3.63, 3.8) is 0 Å². The Bertz CT molecular complexity index is 415. The Hall–Kier alpha value is -1.58. The number of nitrogens with one attached hydrogen (secondary N) is 1. The van der Waals surface area contributed by atoms with E-state index in [2.05, 4.69) is 9.98 Å². The fourth-order valence-corrected chi connectivity index (χ4v) is 1.65. The number of fused-ring (bicyclic) bond motifs is 1. The molecule has 1 aromatic rings. The Kier molecular flexibility index (Phi) is 1.52. The third-order valence-corrected chi connectivity index (χ3v) is 2.24. The first-order chi connectivity index (χ1) is 6.15. The van der Waals surface area contributed by atoms with Gasteiger partial charge in [-0.05, 0) is 13.3 Å². The molecule has 2 rings (SSSR count). The average molecular weight is 178 g/mol. The zero-order valence-electron chi connectivity index (χ0n) is 7.51. The summed E-state index contributed by atoms with van der Waals surface area (Å²) in [7, 11) is 0. The van der Waals surface area contributed by atoms with Crippen LogP contribution >= 0.6 is 0 Å². The van der Waals surface area contributed by atoms with Gasteiger partial charge in [0.15, 0.2) is 5.88 Å². The van der Waals surface area contributed by atoms with Gasteiger partial charge < -0.3 is 10.1 Å². The quantitative estimate of drug-likeness (QED) is 0.682. The fourth-order valence-electron chi connectivity index (χ4n) is 1.65. The van der Waals surface area contributed by atoms with Crippen molar-refractivity contribution in [3.8, 4) is 5.88 Å². The van der Waals surface area contributed by atoms with Gasteiger partial charge in [0.2, 0.25) is 0 Å². The number of hydrogen-bond donors (Lipinski definition) is 2. The van der Waals surface area contributed by atoms with Crippen molar-refractivity contribution in [1.82, 2.24) is 4.98 Å². The van der Waals surface area contributed by atoms with E-state index in [-0.39, 0.29) is 11.8 Å². The molecule has 2 heterocycles. The summed E-state index contributed by atoms with van der Waals surface area (Å²) in [5.74, 6) is -0.195. The predicted molar refractivity (Wildman–Crippen MR) is 48.4 cm³/mol. The molecule has 0 atom stereocenters. The number of carbonyl (C=O) groups excluding carboxylic acids is 1. The van der Waals surface area contributed by atoms with Gasteiger partial charge in [-0.1, -0.05) is 6.92 Å². The van der Waals surface area contributed by atoms with Crippen LogP contribution in [0.25, 0.3) is 0 Å². The zero-order valence-corrected chi connectivity index (χ0v) is 7.51. The van der Waals surface area contributed by atoms with Crippen molar-refractivity contribution in [3.05, 3.63) is 16.8 Å². The topological polar surface area (TPSA) is 65.5 Å². The number of aromatic nitrogens is 1. The maximum Gasteiger partial charge on any atom is 0.279 e. The molecule has 1 amide bonds. The standard InChI is InChI=1S/C9H10N2O2/c1-3-5-7-6(8(12)11-5)4(2)10-9(7)13/h10,13H,3H2,1-2H3. The molecule has 1 aliphatic rings. The minimum Gasteiger partial charge on any atom is -0.494 e. The minimum absolute atomic E-state index is 0.0546. The molecule has 4 heteroatoms. The molecule has 0 aromatic carbocycles. The Morgan fingerprint density at radius 1 is 1.46 bits per heavy atom. The number of aliphatic imine (C=N–C) groups is 1. The average Bonchev–Trinajstić information content (AvgIpc) is 2.54. The van der Waals surface area contributed by atoms with Crippen LogP contribution in [0.2, 0.25) is 0 Å². The van der Waals surface area contributed by atoms with Crippen LogP contribution in [0.3, 0.4) is 0 Å². The number of amides is 1. The lowest BCUT2D eigenvalue weighted by Crippen LogP contribution is -1.93. The Balaban J connectivity index is 2.69. The van der Waals surface area contributed by atoms with Crippen LogP contribution in [0.4, 0.5) is 0 Å². The van der Waals surface area contributed by atoms with Gasteiger partial charge in [-0.3, -0.25) is 4.79 Å². The van der Waals surface area contributed by atoms with E-state index >= 15 is 0 Å². The zero-order chi connectivity index (χ0) is 9.59. The maximum absolute atomic E-state index is 11.4. The van der Waals surface area contributed by atoms with Crippen LogP contribution in [-0.2, 0) is 0 Å². The molecule has 0 saturated carbocycles. The highest BCUT2D eigenvalue weighted by atomic mass is 16.3. The van der Waals surface area contributed by atoms with E-state index < -0.39 is 0 Å². The summed E-state index contributed by atoms with van der Waals surface area (Å²) in [5, 5.41) is 9.48. The van der Waals surface area contributed by atoms with Gasteiger partial charge in [-0.25, -0.2) is 4.99 Å². The van der Waals surface area contributed by atoms with Gasteiger partial charge in [0.25, 0.3) is 5.91 Å². The van der Waals surface area contributed by atoms with E-state index in [1.807, 2.05) is 6.92 Å². The summed E-state index contributed by atoms with van der Waals surface area (Å²) in [6.07, 6.45) is 0.656. The van der Waals surface area contributed by atoms with Crippen molar-refractivity contribution in [2.24, 2.45) is 4.99 Å². The number of rotatable bonds is 1. The molecule has 4 nitrogen and oxygen atoms in total. The second-order valence-corrected chi connectivity index (χ2v) is 3.07. The molecule has 13 heavy (non-hydrogen) atoms. The highest BCUT2D eigenvalue weighted by molar-refractivity contribution is 6.23. The summed E-state index contributed by atoms with van der Waals surface area (Å²) < 4.78 is 0. The Morgan fingerprint density at radius 2 is 2.15 bits per heavy atom. The van der Waals surface area contributed by atoms with Gasteiger partial charge in [0, 0.05) is 5.69 Å². The minimum atomic E-state index is -0.249. The van der Waals surface area contributed by atoms with Crippen LogP contribution in [0, 0.1) is 6.92 Å². The Morgan fingerprint density at radius 3 is 2.77 bits per heavy atom. The van der Waals surface area contributed by atoms with Gasteiger partial charge >= 0.3 is 0 Å². The second-order valence-electron chi connectivity index (χ2n) is 3.07. The second kappa shape index (κ2) is 2.45. The molecule has 0 fully saturated rings. The third kappa shape index (κ3) is 0.915. The fraction of sp³-hybridized carbons (Fsp3) is 0.333. The van der Waals surface area contributed by atoms with Crippen molar-refractivity contribution in [2.45, 2.75) is 20.3 Å². The summed E-state index contributed by atoms with van der Waals surface area (Å²) in [5.41, 5.74) is 2.46. The summed E-state index contributed by atoms with van der Waals surface area (Å²) in [6.45, 7) is 3.66. The third-order valence-electron chi connectivity index (χ3n) is 2.24. The number of aromatic amines is 1. The van der Waals surface area contributed by atoms with Gasteiger partial charge in [-0.2, -0.15) is 0 Å². The summed E-state index contributed by atoms with van der Waals surface area (Å²) in [4.78, 5) is 17.9. The maximum atomic E-state index is 11.4. The van der Waals surface area contributed by atoms with Crippen LogP contribution < -0.4 is 0 Å². The van der Waals surface area contributed by atoms with Crippen LogP contribution in [0.5, 0.6) is 5.88 Å². The van der Waals surface area contributed by atoms with E-state index in [0.29, 0.717) is 29.0 Å². The molecule has 0 aliphatic carbocycles. The van der Waals surface area contributed by atoms with E-state index in [1.54, 1.807) is 6.92 Å². The smallest absolute Gasteiger partial charge is 0.279 e. The monoisotopic (exact) mass is 178 g/mol. The predicted octanol–water partition coefficient (Wildman–Crippen LogP) is 1.38. The normalized spacial score (nSPS) is 14.6. The van der Waals surface area contributed by atoms with Gasteiger partial charge in [0.1, 0.15) is 0 Å². The number of aryl methyl sites for hydroxylation is 1. The summed E-state index contributed by atoms with van der Waals surface area (Å²) in [6, 6.07) is 0. The lowest BCUT2D eigenvalue weighted by molar-refractivity contribution is 0.101. The van der Waals surface area contributed by atoms with Crippen molar-refractivity contribution in [1.29, 1.82) is 0 Å². The van der Waals surface area contributed by atoms with E-state index in [1.165, 1.54) is 0 Å². The van der Waals surface area contributed by atoms with Crippen molar-refractivity contribution in [2.75, 3.05) is 0 Å². The van der Waals surface area contributed by atoms with E-state index in [9.17, 15) is 9.90 Å². The van der Waals surface area contributed by atoms with Crippen LogP contribution in [0.1, 0.15) is 35.0 Å². The first-order valence-corrected chi connectivity index (χ1v) is 4.19. The molecule has 2 N–H and O–H groups in total. The number of aromatic hydroxyl groups is 1. The largest absolute Gasteiger partial charge is 0.494 e. The number of carbonyl (C=O) groups is 1. The summed E-state index contributed by atoms with van der Waals surface area (Å²) >= 11 is 0. The van der Waals surface area contributed by atoms with E-state index in [0.717, 1.165) is 0 Å². The van der Waals surface area contributed by atoms with Gasteiger partial charge in [-0.15, -0.1) is 0 Å². The number of H-pyrrole nitrogens is 1. The molecule has 0 spiro atoms. The van der Waals surface area contributed by atoms with E-state index in [4.69, 9.17) is 0 Å². The van der Waals surface area contributed by atoms with Crippen LogP contribution in [0.15, 0.2) is 4.99 Å². The van der Waals surface area contributed by atoms with Crippen molar-refractivity contribution >= 4 is 11.6 Å². The Labute approximate surface area is 75.3 Å². The molecular formula is C9H10N2O2. The molecular weight excluding hydrogens is 168 g/mol. The number of hydrogen-bond acceptors (Lipinski definition) is 2. The lowest BCUT2D eigenvalue weighted by atomic mass is 10.1. The van der Waals surface area contributed by atoms with Crippen LogP contribution in [-0.4, -0.2) is 21.7 Å². The molecule has 0 radical (unpaired) electrons. The molecule has 0 saturated heterocycles. The molecule has 1 aliphatic heterocycles. The van der Waals surface area contributed by atoms with Gasteiger partial charge in [0.05, 0.1) is 16.8 Å². The molecule has 0 unspecified atom stereocenters. The molecule has 0 bridgehead atoms. The highest BCUT2D eigenvalue weighted by Crippen LogP contribution is 2.30. The van der Waals surface area contributed by atoms with Crippen molar-refractivity contribution < 1.29 is 9.90 Å². The molecule has 1 aromatic heterocycles. The molecule has 68 valence electrons. The first kappa shape index (κ1) is 8.04. The number of nitrogens with zero attached hydrogens (tertiary/aromatic N) is 1. The first-order valence-electron chi connectivity index (χ1n) is 4.19.